The van der Waals surface area contributed by atoms with Crippen LogP contribution in [0.5, 0.6) is 17.2 Å². The number of ketones is 2. The lowest BCUT2D eigenvalue weighted by molar-refractivity contribution is -0.256. The van der Waals surface area contributed by atoms with Crippen LogP contribution in [-0.4, -0.2) is 150 Å². The van der Waals surface area contributed by atoms with Gasteiger partial charge in [-0.25, -0.2) is 0 Å². The maximum Gasteiger partial charge on any atom is 0.252 e. The fraction of sp³-hybridized carbons (Fsp3) is 0.591. The number of methoxy groups -OCH3 is 2. The maximum atomic E-state index is 14.2. The summed E-state index contributed by atoms with van der Waals surface area (Å²) >= 11 is 0. The molecule has 6 aliphatic rings. The Balaban J connectivity index is 1.04. The smallest absolute Gasteiger partial charge is 0.252 e. The highest BCUT2D eigenvalue weighted by molar-refractivity contribution is 6.31. The molecule has 0 aromatic heterocycles. The molecule has 0 radical (unpaired) electrons. The summed E-state index contributed by atoms with van der Waals surface area (Å²) in [6.45, 7) is 5.85. The number of imide groups is 1. The van der Waals surface area contributed by atoms with Gasteiger partial charge in [0.1, 0.15) is 35.5 Å². The highest BCUT2D eigenvalue weighted by Crippen LogP contribution is 2.53. The molecule has 4 heterocycles. The van der Waals surface area contributed by atoms with Gasteiger partial charge < -0.3 is 54.4 Å². The number of carbonyl (C=O) groups excluding carboxylic acids is 6. The van der Waals surface area contributed by atoms with Crippen molar-refractivity contribution in [3.63, 3.8) is 0 Å². The number of amides is 4. The third-order valence-corrected chi connectivity index (χ3v) is 13.5. The first kappa shape index (κ1) is 44.6. The van der Waals surface area contributed by atoms with Crippen LogP contribution in [0.3, 0.4) is 0 Å². The lowest BCUT2D eigenvalue weighted by Crippen LogP contribution is -2.55. The summed E-state index contributed by atoms with van der Waals surface area (Å²) in [6, 6.07) is 4.17. The first-order valence-corrected chi connectivity index (χ1v) is 21.5. The summed E-state index contributed by atoms with van der Waals surface area (Å²) in [5, 5.41) is 41.4. The van der Waals surface area contributed by atoms with Crippen molar-refractivity contribution in [2.24, 2.45) is 11.8 Å². The number of rotatable bonds is 13. The van der Waals surface area contributed by atoms with Crippen molar-refractivity contribution in [1.29, 1.82) is 0 Å². The molecular weight excluding hydrogens is 824 g/mol. The van der Waals surface area contributed by atoms with E-state index < -0.39 is 114 Å². The number of likely N-dealkylation sites (tertiary alicyclic amines) is 1. The van der Waals surface area contributed by atoms with E-state index in [1.807, 2.05) is 20.8 Å². The van der Waals surface area contributed by atoms with Crippen molar-refractivity contribution in [3.05, 3.63) is 51.6 Å². The molecule has 19 heteroatoms. The van der Waals surface area contributed by atoms with Crippen LogP contribution in [0, 0.1) is 11.8 Å². The van der Waals surface area contributed by atoms with Crippen LogP contribution < -0.4 is 15.4 Å². The zero-order valence-corrected chi connectivity index (χ0v) is 35.8. The average Bonchev–Trinajstić information content (AvgIpc) is 3.78. The van der Waals surface area contributed by atoms with Crippen LogP contribution >= 0.6 is 0 Å². The van der Waals surface area contributed by atoms with E-state index in [1.54, 1.807) is 0 Å². The molecule has 2 aliphatic carbocycles. The number of fused-ring (bicyclic) bond motifs is 6. The monoisotopic (exact) mass is 878 g/mol. The van der Waals surface area contributed by atoms with E-state index in [0.29, 0.717) is 13.2 Å². The van der Waals surface area contributed by atoms with Crippen molar-refractivity contribution in [2.75, 3.05) is 47.0 Å². The molecule has 4 amide bonds. The van der Waals surface area contributed by atoms with Gasteiger partial charge in [-0.15, -0.1) is 0 Å². The summed E-state index contributed by atoms with van der Waals surface area (Å²) in [5.74, 6) is -5.63. The van der Waals surface area contributed by atoms with Crippen LogP contribution in [0.1, 0.15) is 102 Å². The number of phenolic OH excluding ortho intramolecular Hbond substituents is 2. The number of benzene rings is 2. The molecule has 0 saturated carbocycles. The second-order valence-electron chi connectivity index (χ2n) is 17.0. The lowest BCUT2D eigenvalue weighted by Gasteiger charge is -2.43. The van der Waals surface area contributed by atoms with Gasteiger partial charge in [0, 0.05) is 75.2 Å². The maximum absolute atomic E-state index is 14.2. The fourth-order valence-corrected chi connectivity index (χ4v) is 10.3. The predicted molar refractivity (Wildman–Crippen MR) is 217 cm³/mol. The second-order valence-corrected chi connectivity index (χ2v) is 17.0. The Labute approximate surface area is 363 Å². The number of aliphatic hydroxyl groups is 1. The Morgan fingerprint density at radius 3 is 2.43 bits per heavy atom. The van der Waals surface area contributed by atoms with E-state index >= 15 is 0 Å². The van der Waals surface area contributed by atoms with E-state index in [-0.39, 0.29) is 77.9 Å². The lowest BCUT2D eigenvalue weighted by atomic mass is 9.72. The van der Waals surface area contributed by atoms with Gasteiger partial charge in [-0.1, -0.05) is 38.8 Å². The highest BCUT2D eigenvalue weighted by Gasteiger charge is 2.55. The van der Waals surface area contributed by atoms with E-state index in [9.17, 15) is 44.1 Å². The summed E-state index contributed by atoms with van der Waals surface area (Å²) in [7, 11) is 2.86. The zero-order chi connectivity index (χ0) is 45.1. The molecule has 9 atom stereocenters. The minimum atomic E-state index is -2.33. The van der Waals surface area contributed by atoms with Crippen LogP contribution in [0.15, 0.2) is 18.2 Å². The average molecular weight is 879 g/mol. The Morgan fingerprint density at radius 1 is 0.984 bits per heavy atom. The molecule has 19 nitrogen and oxygen atoms in total. The van der Waals surface area contributed by atoms with E-state index in [1.165, 1.54) is 32.4 Å². The van der Waals surface area contributed by atoms with Gasteiger partial charge in [-0.2, -0.15) is 0 Å². The van der Waals surface area contributed by atoms with E-state index in [2.05, 4.69) is 15.5 Å². The van der Waals surface area contributed by atoms with Crippen molar-refractivity contribution in [1.82, 2.24) is 20.4 Å². The summed E-state index contributed by atoms with van der Waals surface area (Å²) in [5.41, 5.74) is -3.75. The predicted octanol–water partition coefficient (Wildman–Crippen LogP) is 1.19. The van der Waals surface area contributed by atoms with Crippen molar-refractivity contribution >= 4 is 35.2 Å². The normalized spacial score (nSPS) is 30.1. The van der Waals surface area contributed by atoms with E-state index in [0.717, 1.165) is 17.7 Å². The topological polar surface area (TPSA) is 249 Å². The Bertz CT molecular complexity index is 2210. The molecule has 4 fully saturated rings. The minimum Gasteiger partial charge on any atom is -0.507 e. The molecule has 0 spiro atoms. The second kappa shape index (κ2) is 17.5. The van der Waals surface area contributed by atoms with Crippen molar-refractivity contribution in [3.8, 4) is 17.2 Å². The van der Waals surface area contributed by atoms with Gasteiger partial charge in [0.05, 0.1) is 48.5 Å². The van der Waals surface area contributed by atoms with Crippen LogP contribution in [0.2, 0.25) is 0 Å². The van der Waals surface area contributed by atoms with Crippen molar-refractivity contribution in [2.45, 2.75) is 108 Å². The molecule has 340 valence electrons. The van der Waals surface area contributed by atoms with Crippen LogP contribution in [0.25, 0.3) is 0 Å². The number of hydrogen-bond acceptors (Lipinski definition) is 16. The third-order valence-electron chi connectivity index (χ3n) is 13.5. The van der Waals surface area contributed by atoms with Gasteiger partial charge in [0.25, 0.3) is 5.91 Å². The standard InChI is InChI=1S/C44H54N4O15/c1-6-21(7-2)23-15-29(50)48(40(23)55)19-28(49)45-11-12-46-43(56)44(57)17-24-32(38(54)34-33(36(24)52)35(51)22-9-8-10-26(58-4)31(22)37(34)53)27(18-44)62-30-16-25-39(20(3)61-30)63-41-42(59-5)60-14-13-47(25)41/h8-10,20-21,23,25,27,30,39,41-42,52,54,57H,6-7,11-19H2,1-5H3,(H,45,49)(H,46,56)/t20-,23?,25-,27-,30-,39+,41+,42-,44-/m0/s1. The number of morpholine rings is 1. The SMILES string of the molecule is CCC(CC)C1CC(=O)N(CC(=O)NCCNC(=O)[C@]2(O)Cc3c(O)c4c(c(O)c3[C@@H](O[C@H]3C[C@H]5[C@H](O[C@@H]6[C@@H](OC)OCCN65)[C@H](C)O3)C2)C(=O)c2c(OC)cccc2C4=O)C1=O. The molecule has 2 aromatic carbocycles. The summed E-state index contributed by atoms with van der Waals surface area (Å²) in [6.07, 6.45) is -3.81. The molecule has 63 heavy (non-hydrogen) atoms. The Hall–Kier alpha value is -5.02. The molecule has 1 unspecified atom stereocenters. The first-order valence-electron chi connectivity index (χ1n) is 21.5. The molecule has 0 bridgehead atoms. The van der Waals surface area contributed by atoms with Gasteiger partial charge >= 0.3 is 0 Å². The van der Waals surface area contributed by atoms with E-state index in [4.69, 9.17) is 28.4 Å². The largest absolute Gasteiger partial charge is 0.507 e. The number of nitrogens with zero attached hydrogens (tertiary/aromatic N) is 2. The molecule has 4 aliphatic heterocycles. The van der Waals surface area contributed by atoms with Crippen LogP contribution in [-0.2, 0) is 49.3 Å². The number of carbonyl (C=O) groups is 6. The van der Waals surface area contributed by atoms with Gasteiger partial charge in [-0.05, 0) is 18.9 Å². The number of ether oxygens (including phenoxy) is 6. The number of aromatic hydroxyl groups is 2. The molecular formula is C44H54N4O15. The van der Waals surface area contributed by atoms with Gasteiger partial charge in [0.15, 0.2) is 24.6 Å². The van der Waals surface area contributed by atoms with Crippen molar-refractivity contribution < 1.29 is 72.5 Å². The fourth-order valence-electron chi connectivity index (χ4n) is 10.3. The summed E-state index contributed by atoms with van der Waals surface area (Å²) in [4.78, 5) is 83.8. The minimum absolute atomic E-state index is 0.0300. The number of nitrogens with one attached hydrogen (secondary N) is 2. The Morgan fingerprint density at radius 2 is 1.71 bits per heavy atom. The zero-order valence-electron chi connectivity index (χ0n) is 35.8. The Kier molecular flexibility index (Phi) is 12.4. The van der Waals surface area contributed by atoms with Crippen LogP contribution in [0.4, 0.5) is 0 Å². The molecule has 4 saturated heterocycles. The molecule has 2 aromatic rings. The van der Waals surface area contributed by atoms with Gasteiger partial charge in [-0.3, -0.25) is 38.6 Å². The quantitative estimate of drug-likeness (QED) is 0.0919. The molecule has 5 N–H and O–H groups in total. The number of phenols is 2. The highest BCUT2D eigenvalue weighted by atomic mass is 16.7. The first-order chi connectivity index (χ1) is 30.2. The molecule has 8 rings (SSSR count). The summed E-state index contributed by atoms with van der Waals surface area (Å²) < 4.78 is 35.9. The third kappa shape index (κ3) is 7.66. The van der Waals surface area contributed by atoms with Gasteiger partial charge in [0.2, 0.25) is 23.5 Å². The number of hydrogen-bond donors (Lipinski definition) is 5.